The molecule has 3 aromatic rings. The van der Waals surface area contributed by atoms with Crippen LogP contribution in [0.5, 0.6) is 0 Å². The molecule has 0 bridgehead atoms. The van der Waals surface area contributed by atoms with Crippen molar-refractivity contribution < 1.29 is 19.1 Å². The van der Waals surface area contributed by atoms with E-state index in [2.05, 4.69) is 0 Å². The smallest absolute Gasteiger partial charge is 0.338 e. The van der Waals surface area contributed by atoms with Crippen molar-refractivity contribution in [3.8, 4) is 6.07 Å². The van der Waals surface area contributed by atoms with E-state index in [0.717, 1.165) is 17.2 Å². The summed E-state index contributed by atoms with van der Waals surface area (Å²) >= 11 is 0. The number of carbonyl (C=O) groups is 2. The van der Waals surface area contributed by atoms with Gasteiger partial charge in [0.05, 0.1) is 36.0 Å². The molecule has 5 nitrogen and oxygen atoms in total. The van der Waals surface area contributed by atoms with E-state index in [0.29, 0.717) is 42.7 Å². The fourth-order valence-corrected chi connectivity index (χ4v) is 2.87. The molecule has 29 heavy (non-hydrogen) atoms. The molecule has 146 valence electrons. The average molecular weight is 387 g/mol. The molecule has 3 aromatic carbocycles. The molecule has 0 fully saturated rings. The zero-order chi connectivity index (χ0) is 20.5. The van der Waals surface area contributed by atoms with Gasteiger partial charge >= 0.3 is 11.9 Å². The summed E-state index contributed by atoms with van der Waals surface area (Å²) in [7, 11) is 0. The maximum Gasteiger partial charge on any atom is 0.338 e. The van der Waals surface area contributed by atoms with Crippen molar-refractivity contribution in [3.63, 3.8) is 0 Å². The molecule has 0 aromatic heterocycles. The number of esters is 2. The van der Waals surface area contributed by atoms with E-state index < -0.39 is 5.97 Å². The molecule has 0 heterocycles. The van der Waals surface area contributed by atoms with Crippen molar-refractivity contribution >= 4 is 22.7 Å². The molecule has 0 saturated heterocycles. The van der Waals surface area contributed by atoms with Crippen LogP contribution in [0.2, 0.25) is 0 Å². The number of ether oxygens (including phenoxy) is 2. The summed E-state index contributed by atoms with van der Waals surface area (Å²) in [6.45, 7) is 0.632. The van der Waals surface area contributed by atoms with Crippen LogP contribution in [0, 0.1) is 11.3 Å². The zero-order valence-corrected chi connectivity index (χ0v) is 16.0. The Morgan fingerprint density at radius 2 is 1.31 bits per heavy atom. The minimum atomic E-state index is -0.405. The van der Waals surface area contributed by atoms with E-state index in [1.165, 1.54) is 0 Å². The van der Waals surface area contributed by atoms with Crippen molar-refractivity contribution in [1.82, 2.24) is 0 Å². The topological polar surface area (TPSA) is 76.4 Å². The van der Waals surface area contributed by atoms with Crippen molar-refractivity contribution in [1.29, 1.82) is 5.26 Å². The number of carbonyl (C=O) groups excluding carboxylic acids is 2. The third-order valence-electron chi connectivity index (χ3n) is 4.49. The Bertz CT molecular complexity index is 1030. The number of hydrogen-bond donors (Lipinski definition) is 0. The second-order valence-corrected chi connectivity index (χ2v) is 6.58. The highest BCUT2D eigenvalue weighted by Crippen LogP contribution is 2.16. The summed E-state index contributed by atoms with van der Waals surface area (Å²) in [6, 6.07) is 21.7. The van der Waals surface area contributed by atoms with Gasteiger partial charge in [-0.3, -0.25) is 0 Å². The number of hydrogen-bond acceptors (Lipinski definition) is 5. The van der Waals surface area contributed by atoms with E-state index in [9.17, 15) is 9.59 Å². The lowest BCUT2D eigenvalue weighted by Crippen LogP contribution is -2.08. The highest BCUT2D eigenvalue weighted by Gasteiger charge is 2.08. The Morgan fingerprint density at radius 3 is 1.97 bits per heavy atom. The van der Waals surface area contributed by atoms with Gasteiger partial charge in [-0.1, -0.05) is 30.3 Å². The molecule has 0 spiro atoms. The van der Waals surface area contributed by atoms with Crippen LogP contribution in [0.3, 0.4) is 0 Å². The molecule has 0 N–H and O–H groups in total. The van der Waals surface area contributed by atoms with Crippen molar-refractivity contribution in [2.24, 2.45) is 0 Å². The second-order valence-electron chi connectivity index (χ2n) is 6.58. The first kappa shape index (κ1) is 20.1. The van der Waals surface area contributed by atoms with E-state index in [-0.39, 0.29) is 5.97 Å². The Hall–Kier alpha value is -3.65. The molecule has 0 aliphatic carbocycles. The average Bonchev–Trinajstić information content (AvgIpc) is 2.77. The summed E-state index contributed by atoms with van der Waals surface area (Å²) in [6.07, 6.45) is 2.18. The van der Waals surface area contributed by atoms with Crippen LogP contribution in [0.4, 0.5) is 0 Å². The van der Waals surface area contributed by atoms with E-state index in [1.807, 2.05) is 42.5 Å². The largest absolute Gasteiger partial charge is 0.462 e. The third kappa shape index (κ3) is 5.66. The van der Waals surface area contributed by atoms with Crippen LogP contribution < -0.4 is 0 Å². The van der Waals surface area contributed by atoms with Crippen LogP contribution in [-0.4, -0.2) is 25.2 Å². The zero-order valence-electron chi connectivity index (χ0n) is 16.0. The van der Waals surface area contributed by atoms with Gasteiger partial charge in [-0.2, -0.15) is 5.26 Å². The molecule has 0 radical (unpaired) electrons. The van der Waals surface area contributed by atoms with Crippen LogP contribution in [-0.2, 0) is 9.47 Å². The molecular weight excluding hydrogens is 366 g/mol. The highest BCUT2D eigenvalue weighted by atomic mass is 16.5. The van der Waals surface area contributed by atoms with Gasteiger partial charge in [0.1, 0.15) is 0 Å². The molecule has 0 unspecified atom stereocenters. The van der Waals surface area contributed by atoms with Crippen LogP contribution in [0.15, 0.2) is 66.7 Å². The molecule has 0 atom stereocenters. The molecular formula is C24H21NO4. The van der Waals surface area contributed by atoms with Gasteiger partial charge in [0.2, 0.25) is 0 Å². The minimum Gasteiger partial charge on any atom is -0.462 e. The Balaban J connectivity index is 1.32. The van der Waals surface area contributed by atoms with E-state index in [1.54, 1.807) is 30.3 Å². The number of rotatable bonds is 8. The monoisotopic (exact) mass is 387 g/mol. The Morgan fingerprint density at radius 1 is 0.724 bits per heavy atom. The molecule has 3 rings (SSSR count). The summed E-state index contributed by atoms with van der Waals surface area (Å²) in [5.74, 6) is -0.736. The van der Waals surface area contributed by atoms with E-state index >= 15 is 0 Å². The van der Waals surface area contributed by atoms with Gasteiger partial charge in [0, 0.05) is 0 Å². The van der Waals surface area contributed by atoms with Gasteiger partial charge in [-0.15, -0.1) is 0 Å². The summed E-state index contributed by atoms with van der Waals surface area (Å²) in [4.78, 5) is 24.1. The van der Waals surface area contributed by atoms with Crippen molar-refractivity contribution in [3.05, 3.63) is 83.4 Å². The summed E-state index contributed by atoms with van der Waals surface area (Å²) in [5.41, 5.74) is 1.47. The van der Waals surface area contributed by atoms with Crippen LogP contribution in [0.1, 0.15) is 45.5 Å². The predicted molar refractivity (Wildman–Crippen MR) is 110 cm³/mol. The first-order valence-electron chi connectivity index (χ1n) is 9.50. The number of fused-ring (bicyclic) bond motifs is 1. The first-order chi connectivity index (χ1) is 14.2. The van der Waals surface area contributed by atoms with Gasteiger partial charge in [0.15, 0.2) is 0 Å². The Kier molecular flexibility index (Phi) is 6.96. The number of nitrogens with zero attached hydrogens (tertiary/aromatic N) is 1. The summed E-state index contributed by atoms with van der Waals surface area (Å²) < 4.78 is 10.5. The molecule has 5 heteroatoms. The molecule has 0 amide bonds. The van der Waals surface area contributed by atoms with Gasteiger partial charge < -0.3 is 9.47 Å². The summed E-state index contributed by atoms with van der Waals surface area (Å²) in [5, 5.41) is 10.8. The number of nitriles is 1. The first-order valence-corrected chi connectivity index (χ1v) is 9.50. The number of benzene rings is 3. The quantitative estimate of drug-likeness (QED) is 0.406. The number of unbranched alkanes of at least 4 members (excludes halogenated alkanes) is 2. The minimum absolute atomic E-state index is 0.303. The predicted octanol–water partition coefficient (Wildman–Crippen LogP) is 4.90. The molecule has 0 aliphatic heterocycles. The maximum absolute atomic E-state index is 12.2. The highest BCUT2D eigenvalue weighted by molar-refractivity contribution is 5.95. The lowest BCUT2D eigenvalue weighted by atomic mass is 10.1. The molecule has 0 aliphatic rings. The van der Waals surface area contributed by atoms with Gasteiger partial charge in [-0.05, 0) is 66.4 Å². The lowest BCUT2D eigenvalue weighted by molar-refractivity contribution is 0.0478. The second kappa shape index (κ2) is 10.0. The van der Waals surface area contributed by atoms with Crippen molar-refractivity contribution in [2.45, 2.75) is 19.3 Å². The van der Waals surface area contributed by atoms with Gasteiger partial charge in [-0.25, -0.2) is 9.59 Å². The fraction of sp³-hybridized carbons (Fsp3) is 0.208. The van der Waals surface area contributed by atoms with Gasteiger partial charge in [0.25, 0.3) is 0 Å². The van der Waals surface area contributed by atoms with Crippen LogP contribution >= 0.6 is 0 Å². The fourth-order valence-electron chi connectivity index (χ4n) is 2.87. The van der Waals surface area contributed by atoms with Crippen molar-refractivity contribution in [2.75, 3.05) is 13.2 Å². The molecule has 0 saturated carbocycles. The van der Waals surface area contributed by atoms with E-state index in [4.69, 9.17) is 14.7 Å². The lowest BCUT2D eigenvalue weighted by Gasteiger charge is -2.07. The SMILES string of the molecule is N#Cc1ccc(C(=O)OCCCCCOC(=O)c2ccc3ccccc3c2)cc1. The third-order valence-corrected chi connectivity index (χ3v) is 4.49. The van der Waals surface area contributed by atoms with Crippen LogP contribution in [0.25, 0.3) is 10.8 Å². The normalized spacial score (nSPS) is 10.3. The standard InChI is InChI=1S/C24H21NO4/c25-17-18-8-10-20(11-9-18)23(26)28-14-4-1-5-15-29-24(27)22-13-12-19-6-2-3-7-21(19)16-22/h2-3,6-13,16H,1,4-5,14-15H2. The Labute approximate surface area is 169 Å². The maximum atomic E-state index is 12.2.